The van der Waals surface area contributed by atoms with Crippen molar-refractivity contribution in [2.24, 2.45) is 5.92 Å². The number of hydrogen-bond acceptors (Lipinski definition) is 3. The topological polar surface area (TPSA) is 62.2 Å². The van der Waals surface area contributed by atoms with E-state index >= 15 is 0 Å². The molecular weight excluding hydrogens is 276 g/mol. The number of aromatic nitrogens is 1. The van der Waals surface area contributed by atoms with Crippen LogP contribution in [0.25, 0.3) is 0 Å². The SMILES string of the molecule is O=C(O)c1ccc2c(c1)[C@H]1C=CC[C@H]1[C@H](c1cccnc1)N2. The molecule has 0 bridgehead atoms. The number of benzene rings is 1. The Morgan fingerprint density at radius 2 is 2.23 bits per heavy atom. The van der Waals surface area contributed by atoms with Crippen LogP contribution in [-0.2, 0) is 0 Å². The molecule has 1 aromatic heterocycles. The third kappa shape index (κ3) is 1.99. The van der Waals surface area contributed by atoms with Crippen LogP contribution in [-0.4, -0.2) is 16.1 Å². The molecule has 1 aliphatic carbocycles. The molecule has 0 amide bonds. The maximum atomic E-state index is 11.2. The molecule has 22 heavy (non-hydrogen) atoms. The largest absolute Gasteiger partial charge is 0.478 e. The van der Waals surface area contributed by atoms with Crippen molar-refractivity contribution in [3.63, 3.8) is 0 Å². The normalized spacial score (nSPS) is 25.2. The predicted molar refractivity (Wildman–Crippen MR) is 84.0 cm³/mol. The third-order valence-electron chi connectivity index (χ3n) is 4.65. The number of pyridine rings is 1. The van der Waals surface area contributed by atoms with Gasteiger partial charge in [0.15, 0.2) is 0 Å². The highest BCUT2D eigenvalue weighted by atomic mass is 16.4. The van der Waals surface area contributed by atoms with Gasteiger partial charge in [0.1, 0.15) is 0 Å². The summed E-state index contributed by atoms with van der Waals surface area (Å²) in [5.41, 5.74) is 3.62. The van der Waals surface area contributed by atoms with E-state index in [1.807, 2.05) is 18.3 Å². The standard InChI is InChI=1S/C18H16N2O2/c21-18(22)11-6-7-16-15(9-11)13-4-1-5-14(13)17(20-16)12-3-2-8-19-10-12/h1-4,6-10,13-14,17,20H,5H2,(H,21,22)/t13-,14+,17-/m0/s1. The minimum atomic E-state index is -0.879. The molecule has 0 radical (unpaired) electrons. The zero-order chi connectivity index (χ0) is 15.1. The van der Waals surface area contributed by atoms with Crippen molar-refractivity contribution in [3.05, 3.63) is 71.6 Å². The Hall–Kier alpha value is -2.62. The van der Waals surface area contributed by atoms with Gasteiger partial charge in [-0.2, -0.15) is 0 Å². The number of carboxylic acid groups (broad SMARTS) is 1. The maximum absolute atomic E-state index is 11.2. The van der Waals surface area contributed by atoms with Crippen LogP contribution in [0.5, 0.6) is 0 Å². The highest BCUT2D eigenvalue weighted by Gasteiger charge is 2.38. The van der Waals surface area contributed by atoms with Crippen LogP contribution in [0.3, 0.4) is 0 Å². The smallest absolute Gasteiger partial charge is 0.335 e. The molecule has 3 atom stereocenters. The molecule has 2 heterocycles. The molecule has 2 aromatic rings. The monoisotopic (exact) mass is 292 g/mol. The second-order valence-corrected chi connectivity index (χ2v) is 5.87. The second kappa shape index (κ2) is 4.98. The molecule has 0 saturated heterocycles. The number of hydrogen-bond donors (Lipinski definition) is 2. The Kier molecular flexibility index (Phi) is 2.96. The summed E-state index contributed by atoms with van der Waals surface area (Å²) in [7, 11) is 0. The summed E-state index contributed by atoms with van der Waals surface area (Å²) in [5, 5.41) is 12.8. The number of rotatable bonds is 2. The van der Waals surface area contributed by atoms with Crippen molar-refractivity contribution in [1.82, 2.24) is 4.98 Å². The van der Waals surface area contributed by atoms with Gasteiger partial charge >= 0.3 is 5.97 Å². The summed E-state index contributed by atoms with van der Waals surface area (Å²) in [4.78, 5) is 15.4. The second-order valence-electron chi connectivity index (χ2n) is 5.87. The lowest BCUT2D eigenvalue weighted by atomic mass is 9.77. The Balaban J connectivity index is 1.79. The van der Waals surface area contributed by atoms with E-state index in [0.717, 1.165) is 17.7 Å². The minimum Gasteiger partial charge on any atom is -0.478 e. The maximum Gasteiger partial charge on any atom is 0.335 e. The van der Waals surface area contributed by atoms with Crippen molar-refractivity contribution in [1.29, 1.82) is 0 Å². The fourth-order valence-corrected chi connectivity index (χ4v) is 3.62. The minimum absolute atomic E-state index is 0.205. The molecule has 1 aromatic carbocycles. The molecule has 0 fully saturated rings. The highest BCUT2D eigenvalue weighted by molar-refractivity contribution is 5.89. The van der Waals surface area contributed by atoms with Gasteiger partial charge in [-0.15, -0.1) is 0 Å². The van der Waals surface area contributed by atoms with E-state index < -0.39 is 5.97 Å². The van der Waals surface area contributed by atoms with E-state index in [0.29, 0.717) is 11.5 Å². The van der Waals surface area contributed by atoms with Gasteiger partial charge in [-0.05, 0) is 47.7 Å². The highest BCUT2D eigenvalue weighted by Crippen LogP contribution is 2.49. The number of allylic oxidation sites excluding steroid dienone is 2. The van der Waals surface area contributed by atoms with Gasteiger partial charge in [0.25, 0.3) is 0 Å². The summed E-state index contributed by atoms with van der Waals surface area (Å²) in [6.07, 6.45) is 9.09. The van der Waals surface area contributed by atoms with Crippen LogP contribution in [0.4, 0.5) is 5.69 Å². The number of nitrogens with one attached hydrogen (secondary N) is 1. The van der Waals surface area contributed by atoms with E-state index in [1.165, 1.54) is 5.56 Å². The molecule has 0 saturated carbocycles. The van der Waals surface area contributed by atoms with Crippen LogP contribution in [0.15, 0.2) is 54.9 Å². The first kappa shape index (κ1) is 13.1. The van der Waals surface area contributed by atoms with Crippen molar-refractivity contribution in [3.8, 4) is 0 Å². The van der Waals surface area contributed by atoms with Gasteiger partial charge in [0, 0.05) is 24.0 Å². The van der Waals surface area contributed by atoms with Crippen LogP contribution < -0.4 is 5.32 Å². The van der Waals surface area contributed by atoms with Crippen molar-refractivity contribution in [2.75, 3.05) is 5.32 Å². The summed E-state index contributed by atoms with van der Waals surface area (Å²) in [6.45, 7) is 0. The van der Waals surface area contributed by atoms with Gasteiger partial charge < -0.3 is 10.4 Å². The van der Waals surface area contributed by atoms with Crippen LogP contribution >= 0.6 is 0 Å². The van der Waals surface area contributed by atoms with Gasteiger partial charge in [0.05, 0.1) is 11.6 Å². The number of carboxylic acids is 1. The lowest BCUT2D eigenvalue weighted by molar-refractivity contribution is 0.0696. The zero-order valence-corrected chi connectivity index (χ0v) is 11.9. The van der Waals surface area contributed by atoms with Gasteiger partial charge in [-0.3, -0.25) is 4.98 Å². The van der Waals surface area contributed by atoms with Gasteiger partial charge in [-0.25, -0.2) is 4.79 Å². The fourth-order valence-electron chi connectivity index (χ4n) is 3.62. The zero-order valence-electron chi connectivity index (χ0n) is 11.9. The number of fused-ring (bicyclic) bond motifs is 3. The van der Waals surface area contributed by atoms with E-state index in [-0.39, 0.29) is 12.0 Å². The van der Waals surface area contributed by atoms with Gasteiger partial charge in [0.2, 0.25) is 0 Å². The number of carbonyl (C=O) groups is 1. The molecule has 110 valence electrons. The summed E-state index contributed by atoms with van der Waals surface area (Å²) >= 11 is 0. The van der Waals surface area contributed by atoms with Crippen LogP contribution in [0, 0.1) is 5.92 Å². The summed E-state index contributed by atoms with van der Waals surface area (Å²) < 4.78 is 0. The molecule has 2 aliphatic rings. The van der Waals surface area contributed by atoms with Crippen LogP contribution in [0.1, 0.15) is 39.9 Å². The molecular formula is C18H16N2O2. The number of aromatic carboxylic acids is 1. The third-order valence-corrected chi connectivity index (χ3v) is 4.65. The first-order valence-electron chi connectivity index (χ1n) is 7.44. The summed E-state index contributed by atoms with van der Waals surface area (Å²) in [5.74, 6) is -0.211. The average Bonchev–Trinajstić information content (AvgIpc) is 3.04. The lowest BCUT2D eigenvalue weighted by Gasteiger charge is -2.37. The van der Waals surface area contributed by atoms with E-state index in [4.69, 9.17) is 0 Å². The molecule has 1 aliphatic heterocycles. The lowest BCUT2D eigenvalue weighted by Crippen LogP contribution is -2.29. The molecule has 4 nitrogen and oxygen atoms in total. The first-order valence-corrected chi connectivity index (χ1v) is 7.44. The number of anilines is 1. The van der Waals surface area contributed by atoms with Gasteiger partial charge in [-0.1, -0.05) is 18.2 Å². The quantitative estimate of drug-likeness (QED) is 0.830. The van der Waals surface area contributed by atoms with E-state index in [9.17, 15) is 9.90 Å². The predicted octanol–water partition coefficient (Wildman–Crippen LogP) is 3.61. The molecule has 4 heteroatoms. The molecule has 4 rings (SSSR count). The molecule has 2 N–H and O–H groups in total. The van der Waals surface area contributed by atoms with Crippen molar-refractivity contribution in [2.45, 2.75) is 18.4 Å². The Bertz CT molecular complexity index is 755. The number of nitrogens with zero attached hydrogens (tertiary/aromatic N) is 1. The van der Waals surface area contributed by atoms with E-state index in [2.05, 4.69) is 28.5 Å². The average molecular weight is 292 g/mol. The molecule has 0 spiro atoms. The van der Waals surface area contributed by atoms with Crippen molar-refractivity contribution >= 4 is 11.7 Å². The first-order chi connectivity index (χ1) is 10.7. The Morgan fingerprint density at radius 1 is 1.32 bits per heavy atom. The fraction of sp³-hybridized carbons (Fsp3) is 0.222. The Labute approximate surface area is 128 Å². The molecule has 0 unspecified atom stereocenters. The van der Waals surface area contributed by atoms with Crippen LogP contribution in [0.2, 0.25) is 0 Å². The Morgan fingerprint density at radius 3 is 3.00 bits per heavy atom. The van der Waals surface area contributed by atoms with E-state index in [1.54, 1.807) is 18.3 Å². The summed E-state index contributed by atoms with van der Waals surface area (Å²) in [6, 6.07) is 9.60. The van der Waals surface area contributed by atoms with Crippen molar-refractivity contribution < 1.29 is 9.90 Å².